The predicted molar refractivity (Wildman–Crippen MR) is 122 cm³/mol. The first-order chi connectivity index (χ1) is 13.6. The highest BCUT2D eigenvalue weighted by atomic mass is 32.1. The van der Waals surface area contributed by atoms with E-state index in [1.807, 2.05) is 11.7 Å². The minimum Gasteiger partial charge on any atom is -0.355 e. The van der Waals surface area contributed by atoms with Gasteiger partial charge >= 0.3 is 0 Å². The number of nitrogens with zero attached hydrogens (tertiary/aromatic N) is 3. The quantitative estimate of drug-likeness (QED) is 0.441. The maximum atomic E-state index is 4.63. The van der Waals surface area contributed by atoms with E-state index >= 15 is 0 Å². The zero-order valence-electron chi connectivity index (χ0n) is 16.2. The summed E-state index contributed by atoms with van der Waals surface area (Å²) in [6.07, 6.45) is 4.26. The second-order valence-corrected chi connectivity index (χ2v) is 9.48. The van der Waals surface area contributed by atoms with E-state index in [1.54, 1.807) is 22.7 Å². The van der Waals surface area contributed by atoms with Gasteiger partial charge in [-0.25, -0.2) is 9.97 Å². The molecule has 1 N–H and O–H groups in total. The van der Waals surface area contributed by atoms with E-state index in [2.05, 4.69) is 77.4 Å². The van der Waals surface area contributed by atoms with Crippen LogP contribution in [-0.2, 0) is 0 Å². The van der Waals surface area contributed by atoms with Gasteiger partial charge in [0.1, 0.15) is 4.83 Å². The van der Waals surface area contributed by atoms with Crippen LogP contribution in [0.15, 0.2) is 48.1 Å². The molecule has 4 heterocycles. The Morgan fingerprint density at radius 1 is 1.18 bits per heavy atom. The molecule has 0 spiro atoms. The molecule has 0 saturated heterocycles. The van der Waals surface area contributed by atoms with Crippen LogP contribution < -0.4 is 5.32 Å². The standard InChI is InChI=1S/C22H22N4S2/c1-4-26-10-8-16(22(26,2)3)20-12-15-17(7-9-23-21(15)28-20)25-14-5-6-19-18(11-14)24-13-27-19/h5-9,11-13H,4,10H2,1-3H3,(H,23,25). The number of likely N-dealkylation sites (N-methyl/N-ethyl adjacent to an activating group) is 1. The maximum Gasteiger partial charge on any atom is 0.125 e. The lowest BCUT2D eigenvalue weighted by Gasteiger charge is -2.33. The smallest absolute Gasteiger partial charge is 0.125 e. The Kier molecular flexibility index (Phi) is 4.23. The van der Waals surface area contributed by atoms with Crippen molar-refractivity contribution in [2.24, 2.45) is 0 Å². The third kappa shape index (κ3) is 2.83. The average molecular weight is 407 g/mol. The molecule has 0 saturated carbocycles. The number of rotatable bonds is 4. The number of fused-ring (bicyclic) bond motifs is 2. The minimum atomic E-state index is 0.0544. The molecule has 0 atom stereocenters. The van der Waals surface area contributed by atoms with Crippen molar-refractivity contribution < 1.29 is 0 Å². The van der Waals surface area contributed by atoms with Crippen LogP contribution in [0.1, 0.15) is 25.6 Å². The third-order valence-electron chi connectivity index (χ3n) is 5.66. The van der Waals surface area contributed by atoms with Crippen LogP contribution in [0.4, 0.5) is 11.4 Å². The first-order valence-electron chi connectivity index (χ1n) is 9.51. The number of thiophene rings is 1. The fraction of sp³-hybridized carbons (Fsp3) is 0.273. The Morgan fingerprint density at radius 3 is 2.89 bits per heavy atom. The highest BCUT2D eigenvalue weighted by molar-refractivity contribution is 7.19. The van der Waals surface area contributed by atoms with Crippen molar-refractivity contribution in [2.45, 2.75) is 26.3 Å². The van der Waals surface area contributed by atoms with Gasteiger partial charge in [0, 0.05) is 34.2 Å². The molecule has 1 aliphatic rings. The highest BCUT2D eigenvalue weighted by Gasteiger charge is 2.35. The van der Waals surface area contributed by atoms with Crippen LogP contribution in [0.2, 0.25) is 0 Å². The van der Waals surface area contributed by atoms with E-state index in [0.29, 0.717) is 0 Å². The van der Waals surface area contributed by atoms with Crippen molar-refractivity contribution >= 4 is 60.1 Å². The Labute approximate surface area is 172 Å². The van der Waals surface area contributed by atoms with Gasteiger partial charge in [-0.2, -0.15) is 0 Å². The zero-order chi connectivity index (χ0) is 19.3. The van der Waals surface area contributed by atoms with Gasteiger partial charge in [0.2, 0.25) is 0 Å². The van der Waals surface area contributed by atoms with Gasteiger partial charge in [-0.3, -0.25) is 4.90 Å². The van der Waals surface area contributed by atoms with Crippen molar-refractivity contribution in [3.05, 3.63) is 53.0 Å². The molecule has 0 radical (unpaired) electrons. The molecule has 0 bridgehead atoms. The second-order valence-electron chi connectivity index (χ2n) is 7.56. The molecule has 4 nitrogen and oxygen atoms in total. The number of thiazole rings is 1. The highest BCUT2D eigenvalue weighted by Crippen LogP contribution is 2.42. The lowest BCUT2D eigenvalue weighted by atomic mass is 9.94. The summed E-state index contributed by atoms with van der Waals surface area (Å²) < 4.78 is 1.21. The summed E-state index contributed by atoms with van der Waals surface area (Å²) in [7, 11) is 0. The Bertz CT molecular complexity index is 1200. The fourth-order valence-electron chi connectivity index (χ4n) is 4.05. The normalized spacial score (nSPS) is 16.8. The first-order valence-corrected chi connectivity index (χ1v) is 11.2. The number of aromatic nitrogens is 2. The number of hydrogen-bond donors (Lipinski definition) is 1. The van der Waals surface area contributed by atoms with E-state index < -0.39 is 0 Å². The lowest BCUT2D eigenvalue weighted by Crippen LogP contribution is -2.40. The van der Waals surface area contributed by atoms with Crippen molar-refractivity contribution in [1.29, 1.82) is 0 Å². The van der Waals surface area contributed by atoms with E-state index in [1.165, 1.54) is 20.5 Å². The van der Waals surface area contributed by atoms with E-state index in [0.717, 1.165) is 34.8 Å². The van der Waals surface area contributed by atoms with Crippen molar-refractivity contribution in [3.63, 3.8) is 0 Å². The molecule has 1 aliphatic heterocycles. The van der Waals surface area contributed by atoms with Crippen LogP contribution in [0.3, 0.4) is 0 Å². The Morgan fingerprint density at radius 2 is 2.07 bits per heavy atom. The van der Waals surface area contributed by atoms with Crippen LogP contribution in [0.25, 0.3) is 26.0 Å². The molecule has 5 rings (SSSR count). The molecule has 4 aromatic rings. The van der Waals surface area contributed by atoms with E-state index in [-0.39, 0.29) is 5.54 Å². The minimum absolute atomic E-state index is 0.0544. The number of hydrogen-bond acceptors (Lipinski definition) is 6. The van der Waals surface area contributed by atoms with Gasteiger partial charge in [0.05, 0.1) is 21.4 Å². The zero-order valence-corrected chi connectivity index (χ0v) is 17.8. The first kappa shape index (κ1) is 17.8. The van der Waals surface area contributed by atoms with E-state index in [9.17, 15) is 0 Å². The molecule has 142 valence electrons. The Hall–Kier alpha value is -2.28. The summed E-state index contributed by atoms with van der Waals surface area (Å²) in [5.41, 5.74) is 6.53. The summed E-state index contributed by atoms with van der Waals surface area (Å²) in [5.74, 6) is 0. The van der Waals surface area contributed by atoms with Crippen LogP contribution in [0, 0.1) is 0 Å². The van der Waals surface area contributed by atoms with Gasteiger partial charge in [0.25, 0.3) is 0 Å². The Balaban J connectivity index is 1.53. The molecular formula is C22H22N4S2. The van der Waals surface area contributed by atoms with E-state index in [4.69, 9.17) is 0 Å². The molecule has 0 amide bonds. The van der Waals surface area contributed by atoms with Crippen LogP contribution >= 0.6 is 22.7 Å². The topological polar surface area (TPSA) is 41.0 Å². The summed E-state index contributed by atoms with van der Waals surface area (Å²) in [6.45, 7) is 8.93. The molecular weight excluding hydrogens is 384 g/mol. The summed E-state index contributed by atoms with van der Waals surface area (Å²) in [6, 6.07) is 10.7. The molecule has 1 aromatic carbocycles. The van der Waals surface area contributed by atoms with Gasteiger partial charge in [-0.05, 0) is 56.3 Å². The number of anilines is 2. The third-order valence-corrected chi connectivity index (χ3v) is 7.54. The van der Waals surface area contributed by atoms with Crippen LogP contribution in [-0.4, -0.2) is 33.5 Å². The van der Waals surface area contributed by atoms with Gasteiger partial charge < -0.3 is 5.32 Å². The molecule has 6 heteroatoms. The van der Waals surface area contributed by atoms with Gasteiger partial charge in [0.15, 0.2) is 0 Å². The number of pyridine rings is 1. The van der Waals surface area contributed by atoms with Gasteiger partial charge in [-0.15, -0.1) is 22.7 Å². The summed E-state index contributed by atoms with van der Waals surface area (Å²) in [5, 5.41) is 4.75. The van der Waals surface area contributed by atoms with Crippen molar-refractivity contribution in [1.82, 2.24) is 14.9 Å². The molecule has 0 unspecified atom stereocenters. The van der Waals surface area contributed by atoms with Gasteiger partial charge in [-0.1, -0.05) is 13.0 Å². The number of benzene rings is 1. The summed E-state index contributed by atoms with van der Waals surface area (Å²) in [4.78, 5) is 13.9. The monoisotopic (exact) mass is 406 g/mol. The van der Waals surface area contributed by atoms with Crippen molar-refractivity contribution in [3.8, 4) is 0 Å². The largest absolute Gasteiger partial charge is 0.355 e. The molecule has 28 heavy (non-hydrogen) atoms. The number of nitrogens with one attached hydrogen (secondary N) is 1. The fourth-order valence-corrected chi connectivity index (χ4v) is 5.93. The van der Waals surface area contributed by atoms with Crippen molar-refractivity contribution in [2.75, 3.05) is 18.4 Å². The second kappa shape index (κ2) is 6.65. The average Bonchev–Trinajstić information content (AvgIpc) is 3.37. The molecule has 0 fully saturated rings. The maximum absolute atomic E-state index is 4.63. The SMILES string of the molecule is CCN1CC=C(c2cc3c(Nc4ccc5scnc5c4)ccnc3s2)C1(C)C. The van der Waals surface area contributed by atoms with Crippen LogP contribution in [0.5, 0.6) is 0 Å². The lowest BCUT2D eigenvalue weighted by molar-refractivity contribution is 0.218. The summed E-state index contributed by atoms with van der Waals surface area (Å²) >= 11 is 3.45. The molecule has 0 aliphatic carbocycles. The molecule has 3 aromatic heterocycles. The predicted octanol–water partition coefficient (Wildman–Crippen LogP) is 6.15.